The fourth-order valence-corrected chi connectivity index (χ4v) is 0.682. The van der Waals surface area contributed by atoms with Gasteiger partial charge in [0, 0.05) is 38.4 Å². The maximum Gasteiger partial charge on any atom is 0.158 e. The van der Waals surface area contributed by atoms with Crippen LogP contribution in [0.5, 0.6) is 0 Å². The smallest absolute Gasteiger partial charge is 0.158 e. The summed E-state index contributed by atoms with van der Waals surface area (Å²) >= 11 is 0. The van der Waals surface area contributed by atoms with Crippen molar-refractivity contribution in [1.29, 1.82) is 0 Å². The molecule has 0 aliphatic heterocycles. The number of anilines is 1. The second kappa shape index (κ2) is 9.66. The van der Waals surface area contributed by atoms with Crippen molar-refractivity contribution in [2.24, 2.45) is 0 Å². The van der Waals surface area contributed by atoms with Crippen molar-refractivity contribution in [3.05, 3.63) is 43.0 Å². The summed E-state index contributed by atoms with van der Waals surface area (Å²) in [7, 11) is 4.75. The van der Waals surface area contributed by atoms with Gasteiger partial charge in [-0.05, 0) is 19.2 Å². The van der Waals surface area contributed by atoms with Gasteiger partial charge in [-0.15, -0.1) is 0 Å². The molecule has 0 amide bonds. The Hall–Kier alpha value is 0.109. The molecule has 0 saturated heterocycles. The Morgan fingerprint density at radius 3 is 1.93 bits per heavy atom. The Bertz CT molecular complexity index is 217. The first-order valence-electron chi connectivity index (χ1n) is 4.02. The Kier molecular flexibility index (Phi) is 11.4. The summed E-state index contributed by atoms with van der Waals surface area (Å²) in [5.74, 6) is 0. The second-order valence-electron chi connectivity index (χ2n) is 2.71. The fraction of sp³-hybridized carbons (Fsp3) is 0.222. The maximum absolute atomic E-state index is 7.72. The van der Waals surface area contributed by atoms with Gasteiger partial charge in [0.1, 0.15) is 0 Å². The van der Waals surface area contributed by atoms with Crippen LogP contribution in [0.15, 0.2) is 30.3 Å². The standard InChI is InChI=1S/C8H10N.CH5BNO.Y/c1-9(2)8-6-4-3-5-7-8;1-2(3)4;/h3-7H,1H2,2H3;3-4H,1H3;/q2*-1;. The molecule has 2 N–H and O–H groups in total. The molecule has 0 aromatic heterocycles. The average Bonchev–Trinajstić information content (AvgIpc) is 2.05. The van der Waals surface area contributed by atoms with Crippen LogP contribution in [-0.2, 0) is 32.7 Å². The van der Waals surface area contributed by atoms with Gasteiger partial charge < -0.3 is 15.6 Å². The second-order valence-corrected chi connectivity index (χ2v) is 2.71. The van der Waals surface area contributed by atoms with Gasteiger partial charge in [-0.3, -0.25) is 7.05 Å². The summed E-state index contributed by atoms with van der Waals surface area (Å²) in [6, 6.07) is 10.0. The van der Waals surface area contributed by atoms with Crippen LogP contribution < -0.4 is 4.90 Å². The number of rotatable bonds is 1. The van der Waals surface area contributed by atoms with Crippen molar-refractivity contribution in [2.75, 3.05) is 11.9 Å². The van der Waals surface area contributed by atoms with Gasteiger partial charge in [-0.1, -0.05) is 25.0 Å². The van der Waals surface area contributed by atoms with Crippen LogP contribution in [0.1, 0.15) is 0 Å². The Balaban J connectivity index is 0. The predicted molar refractivity (Wildman–Crippen MR) is 58.4 cm³/mol. The number of para-hydroxylation sites is 1. The van der Waals surface area contributed by atoms with E-state index in [0.29, 0.717) is 0 Å². The van der Waals surface area contributed by atoms with Crippen molar-refractivity contribution in [1.82, 2.24) is 0 Å². The van der Waals surface area contributed by atoms with E-state index in [1.807, 2.05) is 42.3 Å². The molecule has 0 unspecified atom stereocenters. The van der Waals surface area contributed by atoms with E-state index in [9.17, 15) is 0 Å². The molecular formula is C9H15BN2OY-2. The van der Waals surface area contributed by atoms with Crippen LogP contribution in [0.25, 0.3) is 5.64 Å². The van der Waals surface area contributed by atoms with Crippen LogP contribution >= 0.6 is 0 Å². The van der Waals surface area contributed by atoms with Crippen LogP contribution in [0.2, 0.25) is 6.82 Å². The first-order valence-corrected chi connectivity index (χ1v) is 4.02. The zero-order chi connectivity index (χ0) is 10.3. The fourth-order valence-electron chi connectivity index (χ4n) is 0.682. The van der Waals surface area contributed by atoms with E-state index in [1.165, 1.54) is 6.82 Å². The van der Waals surface area contributed by atoms with Crippen molar-refractivity contribution in [3.8, 4) is 0 Å². The van der Waals surface area contributed by atoms with Crippen molar-refractivity contribution < 1.29 is 37.7 Å². The predicted octanol–water partition coefficient (Wildman–Crippen LogP) is 2.06. The van der Waals surface area contributed by atoms with E-state index in [2.05, 4.69) is 7.05 Å². The van der Waals surface area contributed by atoms with Crippen LogP contribution in [-0.4, -0.2) is 19.1 Å². The van der Waals surface area contributed by atoms with E-state index in [4.69, 9.17) is 10.7 Å². The number of nitrogens with zero attached hydrogens (tertiary/aromatic N) is 1. The summed E-state index contributed by atoms with van der Waals surface area (Å²) in [6.07, 6.45) is 0. The molecule has 0 bridgehead atoms. The number of hydrogen-bond acceptors (Lipinski definition) is 2. The molecule has 1 aromatic carbocycles. The molecule has 0 fully saturated rings. The van der Waals surface area contributed by atoms with Crippen LogP contribution in [0, 0.1) is 7.05 Å². The Labute approximate surface area is 112 Å². The summed E-state index contributed by atoms with van der Waals surface area (Å²) in [6.45, 7) is 1.39. The topological polar surface area (TPSA) is 47.3 Å². The molecule has 0 aliphatic rings. The summed E-state index contributed by atoms with van der Waals surface area (Å²) in [5.41, 5.74) is 7.28. The van der Waals surface area contributed by atoms with Crippen molar-refractivity contribution in [3.63, 3.8) is 0 Å². The molecule has 0 aliphatic carbocycles. The zero-order valence-electron chi connectivity index (χ0n) is 8.64. The third-order valence-corrected chi connectivity index (χ3v) is 1.20. The monoisotopic (exact) mass is 267 g/mol. The van der Waals surface area contributed by atoms with E-state index in [1.54, 1.807) is 0 Å². The third kappa shape index (κ3) is 10.2. The van der Waals surface area contributed by atoms with Gasteiger partial charge in [-0.25, -0.2) is 0 Å². The van der Waals surface area contributed by atoms with Gasteiger partial charge >= 0.3 is 0 Å². The van der Waals surface area contributed by atoms with E-state index >= 15 is 0 Å². The molecular weight excluding hydrogens is 252 g/mol. The van der Waals surface area contributed by atoms with Gasteiger partial charge in [0.05, 0.1) is 0 Å². The minimum atomic E-state index is -0.917. The Morgan fingerprint density at radius 1 is 1.36 bits per heavy atom. The molecule has 75 valence electrons. The first kappa shape index (κ1) is 16.5. The molecule has 5 heteroatoms. The molecule has 1 aromatic rings. The van der Waals surface area contributed by atoms with E-state index in [-0.39, 0.29) is 32.7 Å². The summed E-state index contributed by atoms with van der Waals surface area (Å²) in [5, 5.41) is 7.72. The van der Waals surface area contributed by atoms with Crippen LogP contribution in [0.4, 0.5) is 5.69 Å². The molecule has 1 rings (SSSR count). The zero-order valence-corrected chi connectivity index (χ0v) is 11.5. The van der Waals surface area contributed by atoms with Gasteiger partial charge in [-0.2, -0.15) is 0 Å². The number of nitrogens with one attached hydrogen (secondary N) is 1. The SMILES string of the molecule is CB([NH-])O.[CH2-]N(C)c1ccccc1.[Y]. The quantitative estimate of drug-likeness (QED) is 0.625. The molecule has 0 saturated carbocycles. The minimum absolute atomic E-state index is 0. The van der Waals surface area contributed by atoms with E-state index in [0.717, 1.165) is 5.69 Å². The van der Waals surface area contributed by atoms with Crippen molar-refractivity contribution in [2.45, 2.75) is 6.82 Å². The molecule has 0 spiro atoms. The van der Waals surface area contributed by atoms with Gasteiger partial charge in [0.15, 0.2) is 7.05 Å². The normalized spacial score (nSPS) is 7.79. The molecule has 0 heterocycles. The summed E-state index contributed by atoms with van der Waals surface area (Å²) in [4.78, 5) is 1.83. The van der Waals surface area contributed by atoms with Crippen molar-refractivity contribution >= 4 is 12.7 Å². The largest absolute Gasteiger partial charge is 0.676 e. The van der Waals surface area contributed by atoms with Crippen LogP contribution in [0.3, 0.4) is 0 Å². The molecule has 1 radical (unpaired) electrons. The molecule has 14 heavy (non-hydrogen) atoms. The molecule has 0 atom stereocenters. The van der Waals surface area contributed by atoms with E-state index < -0.39 is 7.05 Å². The minimum Gasteiger partial charge on any atom is -0.676 e. The summed E-state index contributed by atoms with van der Waals surface area (Å²) < 4.78 is 0. The Morgan fingerprint density at radius 2 is 1.71 bits per heavy atom. The number of benzene rings is 1. The average molecular weight is 267 g/mol. The maximum atomic E-state index is 7.72. The molecule has 3 nitrogen and oxygen atoms in total. The van der Waals surface area contributed by atoms with Gasteiger partial charge in [0.25, 0.3) is 0 Å². The first-order chi connectivity index (χ1) is 6.04. The van der Waals surface area contributed by atoms with Gasteiger partial charge in [0.2, 0.25) is 0 Å². The third-order valence-electron chi connectivity index (χ3n) is 1.20. The number of hydrogen-bond donors (Lipinski definition) is 1.